The van der Waals surface area contributed by atoms with E-state index in [2.05, 4.69) is 65.6 Å². The summed E-state index contributed by atoms with van der Waals surface area (Å²) in [5.74, 6) is 9.39. The molecule has 0 heterocycles. The van der Waals surface area contributed by atoms with Crippen molar-refractivity contribution >= 4 is 8.32 Å². The molecule has 3 saturated carbocycles. The Morgan fingerprint density at radius 3 is 2.52 bits per heavy atom. The highest BCUT2D eigenvalue weighted by Crippen LogP contribution is 2.66. The second kappa shape index (κ2) is 8.03. The van der Waals surface area contributed by atoms with Crippen LogP contribution in [0.3, 0.4) is 0 Å². The number of hydrogen-bond donors (Lipinski definition) is 1. The molecule has 31 heavy (non-hydrogen) atoms. The van der Waals surface area contributed by atoms with Crippen LogP contribution in [-0.2, 0) is 4.43 Å². The third-order valence-electron chi connectivity index (χ3n) is 10.7. The summed E-state index contributed by atoms with van der Waals surface area (Å²) in [4.78, 5) is 0. The minimum atomic E-state index is -1.71. The fourth-order valence-corrected chi connectivity index (χ4v) is 9.12. The van der Waals surface area contributed by atoms with Gasteiger partial charge in [0.2, 0.25) is 0 Å². The summed E-state index contributed by atoms with van der Waals surface area (Å²) in [5.41, 5.74) is 2.46. The number of aliphatic hydroxyl groups is 1. The monoisotopic (exact) mass is 442 g/mol. The van der Waals surface area contributed by atoms with Crippen LogP contribution in [0.5, 0.6) is 0 Å². The molecule has 1 N–H and O–H groups in total. The summed E-state index contributed by atoms with van der Waals surface area (Å²) in [6, 6.07) is 0. The molecule has 0 radical (unpaired) electrons. The third kappa shape index (κ3) is 3.89. The van der Waals surface area contributed by atoms with Gasteiger partial charge in [0.15, 0.2) is 8.32 Å². The molecule has 0 aliphatic heterocycles. The van der Waals surface area contributed by atoms with Crippen molar-refractivity contribution in [1.82, 2.24) is 0 Å². The molecule has 0 aromatic rings. The normalized spacial score (nSPS) is 42.6. The average Bonchev–Trinajstić information content (AvgIpc) is 3.02. The van der Waals surface area contributed by atoms with Crippen LogP contribution < -0.4 is 0 Å². The number of rotatable bonds is 2. The zero-order chi connectivity index (χ0) is 22.7. The Labute approximate surface area is 192 Å². The van der Waals surface area contributed by atoms with Gasteiger partial charge in [-0.15, -0.1) is 0 Å². The molecule has 4 aliphatic rings. The minimum Gasteiger partial charge on any atom is -0.414 e. The van der Waals surface area contributed by atoms with Crippen LogP contribution in [0.1, 0.15) is 86.0 Å². The van der Waals surface area contributed by atoms with E-state index in [1.807, 2.05) is 0 Å². The average molecular weight is 443 g/mol. The first-order chi connectivity index (χ1) is 14.4. The van der Waals surface area contributed by atoms with E-state index in [9.17, 15) is 5.11 Å². The predicted octanol–water partition coefficient (Wildman–Crippen LogP) is 6.95. The summed E-state index contributed by atoms with van der Waals surface area (Å²) >= 11 is 0. The van der Waals surface area contributed by atoms with Crippen LogP contribution in [0, 0.1) is 46.3 Å². The van der Waals surface area contributed by atoms with Gasteiger partial charge in [-0.2, -0.15) is 0 Å². The van der Waals surface area contributed by atoms with Crippen molar-refractivity contribution in [2.45, 2.75) is 110 Å². The zero-order valence-corrected chi connectivity index (χ0v) is 22.2. The fourth-order valence-electron chi connectivity index (χ4n) is 7.73. The number of allylic oxidation sites excluding steroid dienone is 1. The Kier molecular flexibility index (Phi) is 6.11. The molecule has 7 atom stereocenters. The van der Waals surface area contributed by atoms with Gasteiger partial charge < -0.3 is 9.53 Å². The van der Waals surface area contributed by atoms with Gasteiger partial charge in [-0.05, 0) is 98.1 Å². The number of fused-ring (bicyclic) bond motifs is 5. The molecule has 3 heteroatoms. The van der Waals surface area contributed by atoms with Crippen molar-refractivity contribution < 1.29 is 9.53 Å². The molecule has 174 valence electrons. The topological polar surface area (TPSA) is 29.5 Å². The largest absolute Gasteiger partial charge is 0.414 e. The second-order valence-electron chi connectivity index (χ2n) is 13.2. The van der Waals surface area contributed by atoms with Gasteiger partial charge in [0.1, 0.15) is 6.61 Å². The smallest absolute Gasteiger partial charge is 0.192 e. The lowest BCUT2D eigenvalue weighted by Gasteiger charge is -2.58. The minimum absolute atomic E-state index is 0.00554. The Balaban J connectivity index is 1.52. The van der Waals surface area contributed by atoms with Gasteiger partial charge in [-0.3, -0.25) is 0 Å². The first kappa shape index (κ1) is 23.6. The van der Waals surface area contributed by atoms with E-state index in [4.69, 9.17) is 4.43 Å². The Bertz CT molecular complexity index is 781. The van der Waals surface area contributed by atoms with Crippen molar-refractivity contribution in [2.75, 3.05) is 6.61 Å². The first-order valence-corrected chi connectivity index (χ1v) is 15.8. The van der Waals surface area contributed by atoms with Gasteiger partial charge in [-0.25, -0.2) is 0 Å². The molecule has 0 aromatic heterocycles. The van der Waals surface area contributed by atoms with E-state index in [-0.39, 0.29) is 11.6 Å². The molecule has 4 aliphatic carbocycles. The first-order valence-electron chi connectivity index (χ1n) is 12.9. The van der Waals surface area contributed by atoms with Crippen molar-refractivity contribution in [1.29, 1.82) is 0 Å². The molecule has 4 rings (SSSR count). The lowest BCUT2D eigenvalue weighted by molar-refractivity contribution is -0.0422. The standard InChI is InChI=1S/C28H46O2Si/c1-26(2,3)31(6,7)30-22-14-16-28(5)21(19-22)10-12-23-24-13-11-20(9-8-18-29)27(24,4)17-15-25(23)28/h10,20,22-25,29H,11-19H2,1-7H3/t20-,22-,23-,24-,25-,27+,28-/m0/s1. The van der Waals surface area contributed by atoms with Gasteiger partial charge in [0.05, 0.1) is 0 Å². The van der Waals surface area contributed by atoms with Crippen LogP contribution >= 0.6 is 0 Å². The van der Waals surface area contributed by atoms with Crippen LogP contribution in [0.25, 0.3) is 0 Å². The Morgan fingerprint density at radius 1 is 1.10 bits per heavy atom. The van der Waals surface area contributed by atoms with E-state index in [0.29, 0.717) is 22.9 Å². The molecule has 0 bridgehead atoms. The lowest BCUT2D eigenvalue weighted by atomic mass is 9.47. The fraction of sp³-hybridized carbons (Fsp3) is 0.857. The van der Waals surface area contributed by atoms with Crippen LogP contribution in [0.2, 0.25) is 18.1 Å². The molecule has 2 nitrogen and oxygen atoms in total. The highest BCUT2D eigenvalue weighted by Gasteiger charge is 2.58. The summed E-state index contributed by atoms with van der Waals surface area (Å²) < 4.78 is 6.87. The lowest BCUT2D eigenvalue weighted by Crippen LogP contribution is -2.51. The summed E-state index contributed by atoms with van der Waals surface area (Å²) in [7, 11) is -1.71. The molecule has 3 fully saturated rings. The highest BCUT2D eigenvalue weighted by atomic mass is 28.4. The maximum absolute atomic E-state index is 9.20. The molecule has 0 aromatic carbocycles. The Hall–Kier alpha value is -0.563. The molecular weight excluding hydrogens is 396 g/mol. The van der Waals surface area contributed by atoms with E-state index < -0.39 is 8.32 Å². The van der Waals surface area contributed by atoms with Crippen LogP contribution in [-0.4, -0.2) is 26.1 Å². The quantitative estimate of drug-likeness (QED) is 0.285. The van der Waals surface area contributed by atoms with Gasteiger partial charge in [0.25, 0.3) is 0 Å². The van der Waals surface area contributed by atoms with Gasteiger partial charge >= 0.3 is 0 Å². The highest BCUT2D eigenvalue weighted by molar-refractivity contribution is 6.74. The van der Waals surface area contributed by atoms with Gasteiger partial charge in [-0.1, -0.05) is 58.1 Å². The number of hydrogen-bond acceptors (Lipinski definition) is 2. The maximum Gasteiger partial charge on any atom is 0.192 e. The summed E-state index contributed by atoms with van der Waals surface area (Å²) in [6.07, 6.45) is 13.3. The summed E-state index contributed by atoms with van der Waals surface area (Å²) in [6.45, 7) is 17.0. The predicted molar refractivity (Wildman–Crippen MR) is 132 cm³/mol. The molecule has 0 saturated heterocycles. The van der Waals surface area contributed by atoms with Crippen molar-refractivity contribution in [2.24, 2.45) is 34.5 Å². The zero-order valence-electron chi connectivity index (χ0n) is 21.2. The van der Waals surface area contributed by atoms with Crippen LogP contribution in [0.4, 0.5) is 0 Å². The summed E-state index contributed by atoms with van der Waals surface area (Å²) in [5, 5.41) is 9.49. The van der Waals surface area contributed by atoms with Crippen molar-refractivity contribution in [3.63, 3.8) is 0 Å². The van der Waals surface area contributed by atoms with E-state index >= 15 is 0 Å². The second-order valence-corrected chi connectivity index (χ2v) is 17.9. The molecule has 0 spiro atoms. The SMILES string of the molecule is CC(C)(C)[Si](C)(C)O[C@H]1CC[C@@]2(C)C(=CC[C@H]3[C@@H]4CC[C@H](C#CCO)[C@@]4(C)CC[C@@H]32)C1. The molecule has 0 amide bonds. The van der Waals surface area contributed by atoms with E-state index in [1.165, 1.54) is 51.4 Å². The van der Waals surface area contributed by atoms with E-state index in [0.717, 1.165) is 17.8 Å². The van der Waals surface area contributed by atoms with Crippen molar-refractivity contribution in [3.8, 4) is 11.8 Å². The molecule has 0 unspecified atom stereocenters. The Morgan fingerprint density at radius 2 is 1.84 bits per heavy atom. The van der Waals surface area contributed by atoms with Gasteiger partial charge in [0, 0.05) is 12.0 Å². The van der Waals surface area contributed by atoms with E-state index in [1.54, 1.807) is 5.57 Å². The third-order valence-corrected chi connectivity index (χ3v) is 15.2. The van der Waals surface area contributed by atoms with Crippen molar-refractivity contribution in [3.05, 3.63) is 11.6 Å². The maximum atomic E-state index is 9.20. The van der Waals surface area contributed by atoms with Crippen LogP contribution in [0.15, 0.2) is 11.6 Å². The molecular formula is C28H46O2Si. The number of aliphatic hydroxyl groups excluding tert-OH is 1.